The molecule has 0 spiro atoms. The van der Waals surface area contributed by atoms with Crippen LogP contribution >= 0.6 is 11.3 Å². The molecule has 1 heterocycles. The minimum atomic E-state index is 0.0467. The van der Waals surface area contributed by atoms with Crippen molar-refractivity contribution in [1.29, 1.82) is 0 Å². The van der Waals surface area contributed by atoms with Gasteiger partial charge in [0, 0.05) is 23.5 Å². The molecular formula is C16H22N2O2S. The first-order chi connectivity index (χ1) is 9.97. The van der Waals surface area contributed by atoms with Gasteiger partial charge in [0.2, 0.25) is 0 Å². The Balaban J connectivity index is 2.03. The molecule has 0 saturated carbocycles. The molecule has 0 fully saturated rings. The van der Waals surface area contributed by atoms with Crippen molar-refractivity contribution in [3.8, 4) is 11.5 Å². The first-order valence-electron chi connectivity index (χ1n) is 6.93. The molecule has 2 atom stereocenters. The molecule has 3 N–H and O–H groups in total. The zero-order valence-corrected chi connectivity index (χ0v) is 13.4. The van der Waals surface area contributed by atoms with Crippen molar-refractivity contribution in [3.05, 3.63) is 46.2 Å². The van der Waals surface area contributed by atoms with Crippen LogP contribution in [0.25, 0.3) is 0 Å². The normalized spacial score (nSPS) is 14.3. The van der Waals surface area contributed by atoms with E-state index in [-0.39, 0.29) is 17.5 Å². The van der Waals surface area contributed by atoms with Crippen molar-refractivity contribution >= 4 is 11.3 Å². The fraction of sp³-hybridized carbons (Fsp3) is 0.375. The Bertz CT molecular complexity index is 549. The molecule has 2 aromatic rings. The molecule has 0 radical (unpaired) electrons. The predicted molar refractivity (Wildman–Crippen MR) is 86.9 cm³/mol. The average molecular weight is 306 g/mol. The van der Waals surface area contributed by atoms with Crippen LogP contribution in [0.2, 0.25) is 0 Å². The minimum absolute atomic E-state index is 0.0467. The largest absolute Gasteiger partial charge is 0.508 e. The maximum absolute atomic E-state index is 9.56. The van der Waals surface area contributed by atoms with Gasteiger partial charge in [-0.3, -0.25) is 0 Å². The number of likely N-dealkylation sites (N-methyl/N-ethyl adjacent to an activating group) is 1. The zero-order valence-electron chi connectivity index (χ0n) is 12.6. The minimum Gasteiger partial charge on any atom is -0.508 e. The summed E-state index contributed by atoms with van der Waals surface area (Å²) < 4.78 is 0. The van der Waals surface area contributed by atoms with Gasteiger partial charge in [-0.15, -0.1) is 11.3 Å². The van der Waals surface area contributed by atoms with Gasteiger partial charge in [-0.2, -0.15) is 0 Å². The molecule has 2 rings (SSSR count). The monoisotopic (exact) mass is 306 g/mol. The topological polar surface area (TPSA) is 55.7 Å². The number of phenolic OH excluding ortho intramolecular Hbond substituents is 2. The smallest absolute Gasteiger partial charge is 0.119 e. The number of hydrogen-bond donors (Lipinski definition) is 3. The van der Waals surface area contributed by atoms with E-state index in [0.717, 1.165) is 12.1 Å². The molecule has 0 aliphatic carbocycles. The highest BCUT2D eigenvalue weighted by Crippen LogP contribution is 2.26. The van der Waals surface area contributed by atoms with Crippen LogP contribution in [0.1, 0.15) is 29.4 Å². The van der Waals surface area contributed by atoms with E-state index in [4.69, 9.17) is 0 Å². The van der Waals surface area contributed by atoms with Gasteiger partial charge in [-0.25, -0.2) is 0 Å². The summed E-state index contributed by atoms with van der Waals surface area (Å²) in [4.78, 5) is 3.50. The van der Waals surface area contributed by atoms with Crippen molar-refractivity contribution in [2.24, 2.45) is 0 Å². The van der Waals surface area contributed by atoms with Crippen LogP contribution < -0.4 is 5.32 Å². The maximum Gasteiger partial charge on any atom is 0.119 e. The molecule has 0 aliphatic heterocycles. The average Bonchev–Trinajstić information content (AvgIpc) is 2.91. The molecule has 5 heteroatoms. The van der Waals surface area contributed by atoms with E-state index >= 15 is 0 Å². The molecule has 114 valence electrons. The summed E-state index contributed by atoms with van der Waals surface area (Å²) in [6.45, 7) is 2.82. The van der Waals surface area contributed by atoms with E-state index in [0.29, 0.717) is 6.04 Å². The fourth-order valence-corrected chi connectivity index (χ4v) is 3.22. The lowest BCUT2D eigenvalue weighted by Crippen LogP contribution is -2.32. The number of nitrogens with one attached hydrogen (secondary N) is 1. The van der Waals surface area contributed by atoms with E-state index in [9.17, 15) is 10.2 Å². The second-order valence-corrected chi connectivity index (χ2v) is 6.39. The van der Waals surface area contributed by atoms with Crippen molar-refractivity contribution in [1.82, 2.24) is 10.2 Å². The third-order valence-electron chi connectivity index (χ3n) is 3.54. The first kappa shape index (κ1) is 15.8. The number of thiophene rings is 1. The SMILES string of the molecule is CC(NCC(c1cccs1)N(C)C)c1cc(O)cc(O)c1. The van der Waals surface area contributed by atoms with Gasteiger partial charge < -0.3 is 20.4 Å². The highest BCUT2D eigenvalue weighted by atomic mass is 32.1. The number of benzene rings is 1. The van der Waals surface area contributed by atoms with Crippen LogP contribution in [0.3, 0.4) is 0 Å². The number of hydrogen-bond acceptors (Lipinski definition) is 5. The lowest BCUT2D eigenvalue weighted by molar-refractivity contribution is 0.285. The number of phenols is 2. The van der Waals surface area contributed by atoms with E-state index in [1.165, 1.54) is 10.9 Å². The van der Waals surface area contributed by atoms with Crippen LogP contribution in [-0.2, 0) is 0 Å². The molecule has 0 aliphatic rings. The molecule has 21 heavy (non-hydrogen) atoms. The molecular weight excluding hydrogens is 284 g/mol. The van der Waals surface area contributed by atoms with Crippen molar-refractivity contribution in [2.75, 3.05) is 20.6 Å². The van der Waals surface area contributed by atoms with Crippen molar-refractivity contribution in [3.63, 3.8) is 0 Å². The number of rotatable bonds is 6. The van der Waals surface area contributed by atoms with Gasteiger partial charge >= 0.3 is 0 Å². The Morgan fingerprint density at radius 1 is 1.19 bits per heavy atom. The van der Waals surface area contributed by atoms with Crippen LogP contribution in [0, 0.1) is 0 Å². The standard InChI is InChI=1S/C16H22N2O2S/c1-11(12-7-13(19)9-14(20)8-12)17-10-15(18(2)3)16-5-4-6-21-16/h4-9,11,15,17,19-20H,10H2,1-3H3. The molecule has 0 amide bonds. The van der Waals surface area contributed by atoms with Gasteiger partial charge in [0.15, 0.2) is 0 Å². The Labute approximate surface area is 129 Å². The Kier molecular flexibility index (Phi) is 5.22. The predicted octanol–water partition coefficient (Wildman–Crippen LogP) is 3.11. The second kappa shape index (κ2) is 6.93. The summed E-state index contributed by atoms with van der Waals surface area (Å²) in [5.41, 5.74) is 0.871. The first-order valence-corrected chi connectivity index (χ1v) is 7.81. The maximum atomic E-state index is 9.56. The van der Waals surface area contributed by atoms with Crippen LogP contribution in [0.4, 0.5) is 0 Å². The van der Waals surface area contributed by atoms with E-state index in [1.807, 2.05) is 6.92 Å². The zero-order chi connectivity index (χ0) is 15.4. The van der Waals surface area contributed by atoms with E-state index in [1.54, 1.807) is 23.5 Å². The third kappa shape index (κ3) is 4.20. The second-order valence-electron chi connectivity index (χ2n) is 5.41. The molecule has 0 saturated heterocycles. The number of nitrogens with zero attached hydrogens (tertiary/aromatic N) is 1. The van der Waals surface area contributed by atoms with Gasteiger partial charge in [-0.1, -0.05) is 6.07 Å². The summed E-state index contributed by atoms with van der Waals surface area (Å²) in [6.07, 6.45) is 0. The van der Waals surface area contributed by atoms with Crippen LogP contribution in [-0.4, -0.2) is 35.8 Å². The highest BCUT2D eigenvalue weighted by molar-refractivity contribution is 7.10. The van der Waals surface area contributed by atoms with E-state index in [2.05, 4.69) is 41.8 Å². The lowest BCUT2D eigenvalue weighted by Gasteiger charge is -2.26. The van der Waals surface area contributed by atoms with Crippen molar-refractivity contribution < 1.29 is 10.2 Å². The summed E-state index contributed by atoms with van der Waals surface area (Å²) in [5, 5.41) is 24.7. The van der Waals surface area contributed by atoms with Gasteiger partial charge in [0.25, 0.3) is 0 Å². The Hall–Kier alpha value is -1.56. The molecule has 4 nitrogen and oxygen atoms in total. The van der Waals surface area contributed by atoms with E-state index < -0.39 is 0 Å². The molecule has 2 unspecified atom stereocenters. The van der Waals surface area contributed by atoms with Crippen LogP contribution in [0.15, 0.2) is 35.7 Å². The quantitative estimate of drug-likeness (QED) is 0.767. The van der Waals surface area contributed by atoms with Gasteiger partial charge in [0.1, 0.15) is 11.5 Å². The summed E-state index contributed by atoms with van der Waals surface area (Å²) >= 11 is 1.75. The van der Waals surface area contributed by atoms with Gasteiger partial charge in [-0.05, 0) is 50.2 Å². The summed E-state index contributed by atoms with van der Waals surface area (Å²) in [5.74, 6) is 0.169. The van der Waals surface area contributed by atoms with Gasteiger partial charge in [0.05, 0.1) is 6.04 Å². The van der Waals surface area contributed by atoms with Crippen LogP contribution in [0.5, 0.6) is 11.5 Å². The summed E-state index contributed by atoms with van der Waals surface area (Å²) in [7, 11) is 4.13. The summed E-state index contributed by atoms with van der Waals surface area (Å²) in [6, 6.07) is 9.24. The Morgan fingerprint density at radius 3 is 2.38 bits per heavy atom. The molecule has 1 aromatic carbocycles. The van der Waals surface area contributed by atoms with Crippen molar-refractivity contribution in [2.45, 2.75) is 19.0 Å². The molecule has 1 aromatic heterocycles. The molecule has 0 bridgehead atoms. The lowest BCUT2D eigenvalue weighted by atomic mass is 10.1. The third-order valence-corrected chi connectivity index (χ3v) is 4.51. The number of aromatic hydroxyl groups is 2. The highest BCUT2D eigenvalue weighted by Gasteiger charge is 2.17. The fourth-order valence-electron chi connectivity index (χ4n) is 2.29. The Morgan fingerprint density at radius 2 is 1.86 bits per heavy atom.